The molecular weight excluding hydrogens is 476 g/mol. The monoisotopic (exact) mass is 512 g/mol. The van der Waals surface area contributed by atoms with Crippen LogP contribution in [0.25, 0.3) is 0 Å². The van der Waals surface area contributed by atoms with Crippen molar-refractivity contribution in [3.63, 3.8) is 0 Å². The number of amides is 3. The predicted octanol–water partition coefficient (Wildman–Crippen LogP) is 5.11. The summed E-state index contributed by atoms with van der Waals surface area (Å²) < 4.78 is 5.23. The second-order valence-corrected chi connectivity index (χ2v) is 10.3. The zero-order valence-corrected chi connectivity index (χ0v) is 22.7. The number of carbonyl (C=O) groups is 2. The smallest absolute Gasteiger partial charge is 0.325 e. The van der Waals surface area contributed by atoms with Crippen molar-refractivity contribution in [2.45, 2.75) is 33.4 Å². The Balaban J connectivity index is 1.20. The van der Waals surface area contributed by atoms with Crippen LogP contribution in [0.15, 0.2) is 66.7 Å². The molecule has 5 rings (SSSR count). The lowest BCUT2D eigenvalue weighted by atomic mass is 10.1. The minimum Gasteiger partial charge on any atom is -0.497 e. The first-order valence-corrected chi connectivity index (χ1v) is 13.3. The van der Waals surface area contributed by atoms with E-state index in [1.165, 1.54) is 16.8 Å². The summed E-state index contributed by atoms with van der Waals surface area (Å²) in [5.74, 6) is 0.841. The van der Waals surface area contributed by atoms with E-state index in [4.69, 9.17) is 4.74 Å². The Morgan fingerprint density at radius 3 is 2.24 bits per heavy atom. The Bertz CT molecular complexity index is 1300. The van der Waals surface area contributed by atoms with Gasteiger partial charge >= 0.3 is 6.03 Å². The van der Waals surface area contributed by atoms with Gasteiger partial charge in [-0.05, 0) is 74.4 Å². The van der Waals surface area contributed by atoms with Crippen LogP contribution in [0.4, 0.5) is 16.2 Å². The first-order valence-electron chi connectivity index (χ1n) is 13.3. The van der Waals surface area contributed by atoms with Gasteiger partial charge in [-0.3, -0.25) is 9.69 Å². The van der Waals surface area contributed by atoms with Crippen molar-refractivity contribution in [3.05, 3.63) is 89.0 Å². The molecule has 0 aromatic heterocycles. The Morgan fingerprint density at radius 2 is 1.61 bits per heavy atom. The number of hydrogen-bond acceptors (Lipinski definition) is 4. The van der Waals surface area contributed by atoms with Gasteiger partial charge in [0, 0.05) is 56.2 Å². The van der Waals surface area contributed by atoms with Gasteiger partial charge in [-0.15, -0.1) is 0 Å². The van der Waals surface area contributed by atoms with Crippen LogP contribution in [0.1, 0.15) is 34.0 Å². The molecule has 2 aliphatic rings. The molecule has 3 aromatic carbocycles. The predicted molar refractivity (Wildman–Crippen MR) is 151 cm³/mol. The fourth-order valence-corrected chi connectivity index (χ4v) is 5.53. The summed E-state index contributed by atoms with van der Waals surface area (Å²) in [6.07, 6.45) is 0. The summed E-state index contributed by atoms with van der Waals surface area (Å²) in [5, 5.41) is 0. The quantitative estimate of drug-likeness (QED) is 0.461. The summed E-state index contributed by atoms with van der Waals surface area (Å²) in [5.41, 5.74) is 6.32. The molecule has 2 fully saturated rings. The van der Waals surface area contributed by atoms with E-state index in [-0.39, 0.29) is 18.0 Å². The van der Waals surface area contributed by atoms with Crippen LogP contribution in [-0.2, 0) is 6.54 Å². The van der Waals surface area contributed by atoms with E-state index in [1.807, 2.05) is 63.2 Å². The molecule has 2 heterocycles. The number of urea groups is 1. The van der Waals surface area contributed by atoms with Crippen molar-refractivity contribution < 1.29 is 14.3 Å². The van der Waals surface area contributed by atoms with Gasteiger partial charge in [-0.25, -0.2) is 4.79 Å². The van der Waals surface area contributed by atoms with E-state index in [1.54, 1.807) is 7.11 Å². The number of anilines is 2. The standard InChI is InChI=1S/C31H36N4O3/c1-22-5-14-29(23(2)19-22)32-15-17-33(18-16-32)30(36)26-8-10-27(11-9-26)35-24(3)20-34(31(35)37)21-25-6-12-28(38-4)13-7-25/h5-14,19,24H,15-18,20-21H2,1-4H3. The molecule has 3 amide bonds. The highest BCUT2D eigenvalue weighted by Crippen LogP contribution is 2.28. The molecule has 0 radical (unpaired) electrons. The maximum Gasteiger partial charge on any atom is 0.325 e. The summed E-state index contributed by atoms with van der Waals surface area (Å²) in [6.45, 7) is 10.5. The van der Waals surface area contributed by atoms with Crippen LogP contribution < -0.4 is 14.5 Å². The van der Waals surface area contributed by atoms with Crippen LogP contribution in [0.3, 0.4) is 0 Å². The average Bonchev–Trinajstić information content (AvgIpc) is 3.21. The summed E-state index contributed by atoms with van der Waals surface area (Å²) in [7, 11) is 1.64. The van der Waals surface area contributed by atoms with Crippen LogP contribution in [0.2, 0.25) is 0 Å². The van der Waals surface area contributed by atoms with Gasteiger partial charge in [0.15, 0.2) is 0 Å². The van der Waals surface area contributed by atoms with Gasteiger partial charge in [0.2, 0.25) is 0 Å². The first kappa shape index (κ1) is 25.6. The lowest BCUT2D eigenvalue weighted by molar-refractivity contribution is 0.0747. The molecule has 38 heavy (non-hydrogen) atoms. The van der Waals surface area contributed by atoms with Gasteiger partial charge in [0.05, 0.1) is 13.2 Å². The molecule has 198 valence electrons. The highest BCUT2D eigenvalue weighted by Gasteiger charge is 2.35. The van der Waals surface area contributed by atoms with Gasteiger partial charge in [-0.2, -0.15) is 0 Å². The first-order chi connectivity index (χ1) is 18.3. The Kier molecular flexibility index (Phi) is 7.27. The van der Waals surface area contributed by atoms with E-state index >= 15 is 0 Å². The molecule has 0 N–H and O–H groups in total. The van der Waals surface area contributed by atoms with Crippen LogP contribution in [0, 0.1) is 13.8 Å². The normalized spacial score (nSPS) is 17.8. The third-order valence-corrected chi connectivity index (χ3v) is 7.59. The van der Waals surface area contributed by atoms with Gasteiger partial charge in [-0.1, -0.05) is 29.8 Å². The molecule has 7 heteroatoms. The number of benzene rings is 3. The fraction of sp³-hybridized carbons (Fsp3) is 0.355. The lowest BCUT2D eigenvalue weighted by Crippen LogP contribution is -2.49. The topological polar surface area (TPSA) is 56.3 Å². The molecule has 0 spiro atoms. The molecule has 1 unspecified atom stereocenters. The number of piperazine rings is 1. The minimum absolute atomic E-state index is 0.0186. The van der Waals surface area contributed by atoms with Crippen molar-refractivity contribution in [3.8, 4) is 5.75 Å². The molecule has 0 aliphatic carbocycles. The van der Waals surface area contributed by atoms with Gasteiger partial charge in [0.1, 0.15) is 5.75 Å². The van der Waals surface area contributed by atoms with E-state index in [9.17, 15) is 9.59 Å². The summed E-state index contributed by atoms with van der Waals surface area (Å²) >= 11 is 0. The number of hydrogen-bond donors (Lipinski definition) is 0. The molecule has 1 atom stereocenters. The molecular formula is C31H36N4O3. The van der Waals surface area contributed by atoms with Crippen molar-refractivity contribution >= 4 is 23.3 Å². The Morgan fingerprint density at radius 1 is 0.921 bits per heavy atom. The zero-order valence-electron chi connectivity index (χ0n) is 22.7. The maximum atomic E-state index is 13.2. The molecule has 7 nitrogen and oxygen atoms in total. The van der Waals surface area contributed by atoms with Crippen LogP contribution in [0.5, 0.6) is 5.75 Å². The van der Waals surface area contributed by atoms with E-state index < -0.39 is 0 Å². The van der Waals surface area contributed by atoms with Crippen LogP contribution >= 0.6 is 0 Å². The highest BCUT2D eigenvalue weighted by molar-refractivity contribution is 5.97. The number of methoxy groups -OCH3 is 1. The van der Waals surface area contributed by atoms with Gasteiger partial charge < -0.3 is 19.4 Å². The molecule has 2 saturated heterocycles. The van der Waals surface area contributed by atoms with Gasteiger partial charge in [0.25, 0.3) is 5.91 Å². The zero-order chi connectivity index (χ0) is 26.8. The van der Waals surface area contributed by atoms with E-state index in [0.29, 0.717) is 31.7 Å². The van der Waals surface area contributed by atoms with Crippen molar-refractivity contribution in [1.82, 2.24) is 9.80 Å². The second kappa shape index (κ2) is 10.8. The molecule has 0 bridgehead atoms. The molecule has 2 aliphatic heterocycles. The summed E-state index contributed by atoms with van der Waals surface area (Å²) in [4.78, 5) is 34.4. The number of nitrogens with zero attached hydrogens (tertiary/aromatic N) is 4. The number of aryl methyl sites for hydroxylation is 2. The highest BCUT2D eigenvalue weighted by atomic mass is 16.5. The average molecular weight is 513 g/mol. The third-order valence-electron chi connectivity index (χ3n) is 7.59. The minimum atomic E-state index is -0.0186. The molecule has 0 saturated carbocycles. The van der Waals surface area contributed by atoms with Crippen molar-refractivity contribution in [2.24, 2.45) is 0 Å². The maximum absolute atomic E-state index is 13.2. The fourth-order valence-electron chi connectivity index (χ4n) is 5.53. The lowest BCUT2D eigenvalue weighted by Gasteiger charge is -2.37. The molecule has 3 aromatic rings. The third kappa shape index (κ3) is 5.19. The summed E-state index contributed by atoms with van der Waals surface area (Å²) in [6, 6.07) is 21.8. The Hall–Kier alpha value is -4.00. The van der Waals surface area contributed by atoms with Crippen LogP contribution in [-0.4, -0.2) is 67.6 Å². The Labute approximate surface area is 225 Å². The largest absolute Gasteiger partial charge is 0.497 e. The van der Waals surface area contributed by atoms with Crippen molar-refractivity contribution in [2.75, 3.05) is 49.6 Å². The van der Waals surface area contributed by atoms with E-state index in [2.05, 4.69) is 43.9 Å². The number of ether oxygens (including phenoxy) is 1. The second-order valence-electron chi connectivity index (χ2n) is 10.3. The number of rotatable bonds is 6. The SMILES string of the molecule is COc1ccc(CN2CC(C)N(c3ccc(C(=O)N4CCN(c5ccc(C)cc5C)CC4)cc3)C2=O)cc1. The number of carbonyl (C=O) groups excluding carboxylic acids is 2. The van der Waals surface area contributed by atoms with Crippen molar-refractivity contribution in [1.29, 1.82) is 0 Å². The van der Waals surface area contributed by atoms with E-state index in [0.717, 1.165) is 30.1 Å².